The molecule has 3 rings (SSSR count). The predicted molar refractivity (Wildman–Crippen MR) is 122 cm³/mol. The summed E-state index contributed by atoms with van der Waals surface area (Å²) >= 11 is 0. The summed E-state index contributed by atoms with van der Waals surface area (Å²) < 4.78 is 18.7. The third-order valence-electron chi connectivity index (χ3n) is 5.82. The highest BCUT2D eigenvalue weighted by Crippen LogP contribution is 2.45. The molecule has 2 aromatic carbocycles. The lowest BCUT2D eigenvalue weighted by atomic mass is 9.79. The Labute approximate surface area is 183 Å². The maximum Gasteiger partial charge on any atom is 0.266 e. The normalized spacial score (nSPS) is 17.5. The van der Waals surface area contributed by atoms with Crippen molar-refractivity contribution < 1.29 is 13.9 Å². The molecule has 2 aromatic rings. The molecular weight excluding hydrogens is 393 g/mol. The van der Waals surface area contributed by atoms with Crippen molar-refractivity contribution in [1.29, 1.82) is 5.26 Å². The van der Waals surface area contributed by atoms with Crippen LogP contribution in [0.15, 0.2) is 42.0 Å². The van der Waals surface area contributed by atoms with Crippen LogP contribution >= 0.6 is 0 Å². The quantitative estimate of drug-likeness (QED) is 0.512. The molecule has 1 amide bonds. The van der Waals surface area contributed by atoms with E-state index in [2.05, 4.69) is 37.9 Å². The lowest BCUT2D eigenvalue weighted by Gasteiger charge is -2.47. The highest BCUT2D eigenvalue weighted by molar-refractivity contribution is 6.09. The Balaban J connectivity index is 2.00. The third kappa shape index (κ3) is 4.56. The number of nitrogens with zero attached hydrogens (tertiary/aromatic N) is 2. The molecule has 5 nitrogen and oxygen atoms in total. The predicted octanol–water partition coefficient (Wildman–Crippen LogP) is 5.49. The number of methoxy groups -OCH3 is 1. The largest absolute Gasteiger partial charge is 0.496 e. The topological polar surface area (TPSA) is 65.4 Å². The molecular formula is C25H28FN3O2. The molecule has 1 aliphatic heterocycles. The van der Waals surface area contributed by atoms with E-state index in [1.807, 2.05) is 18.2 Å². The van der Waals surface area contributed by atoms with Crippen molar-refractivity contribution in [3.63, 3.8) is 0 Å². The number of hydrogen-bond donors (Lipinski definition) is 1. The smallest absolute Gasteiger partial charge is 0.266 e. The maximum absolute atomic E-state index is 13.1. The van der Waals surface area contributed by atoms with Gasteiger partial charge in [0.25, 0.3) is 5.91 Å². The van der Waals surface area contributed by atoms with E-state index >= 15 is 0 Å². The van der Waals surface area contributed by atoms with E-state index in [1.54, 1.807) is 13.2 Å². The van der Waals surface area contributed by atoms with Gasteiger partial charge in [0.15, 0.2) is 0 Å². The van der Waals surface area contributed by atoms with Crippen LogP contribution in [0.1, 0.15) is 51.2 Å². The molecule has 0 radical (unpaired) electrons. The van der Waals surface area contributed by atoms with Gasteiger partial charge in [0.05, 0.1) is 7.11 Å². The summed E-state index contributed by atoms with van der Waals surface area (Å²) in [7, 11) is 1.58. The van der Waals surface area contributed by atoms with Gasteiger partial charge in [-0.05, 0) is 75.1 Å². The van der Waals surface area contributed by atoms with Crippen molar-refractivity contribution in [1.82, 2.24) is 0 Å². The van der Waals surface area contributed by atoms with Gasteiger partial charge in [0.1, 0.15) is 23.2 Å². The third-order valence-corrected chi connectivity index (χ3v) is 5.82. The molecule has 0 saturated heterocycles. The fourth-order valence-electron chi connectivity index (χ4n) is 4.45. The Morgan fingerprint density at radius 2 is 2.03 bits per heavy atom. The molecule has 31 heavy (non-hydrogen) atoms. The zero-order valence-corrected chi connectivity index (χ0v) is 18.6. The van der Waals surface area contributed by atoms with E-state index < -0.39 is 11.7 Å². The Kier molecular flexibility index (Phi) is 6.35. The van der Waals surface area contributed by atoms with E-state index in [-0.39, 0.29) is 11.1 Å². The van der Waals surface area contributed by atoms with Gasteiger partial charge < -0.3 is 15.0 Å². The summed E-state index contributed by atoms with van der Waals surface area (Å²) in [4.78, 5) is 15.0. The molecule has 162 valence electrons. The monoisotopic (exact) mass is 421 g/mol. The molecule has 0 saturated carbocycles. The summed E-state index contributed by atoms with van der Waals surface area (Å²) in [6.45, 7) is 9.68. The summed E-state index contributed by atoms with van der Waals surface area (Å²) in [6, 6.07) is 11.4. The second-order valence-electron chi connectivity index (χ2n) is 8.45. The minimum atomic E-state index is -0.557. The van der Waals surface area contributed by atoms with Crippen molar-refractivity contribution >= 4 is 23.4 Å². The van der Waals surface area contributed by atoms with Crippen LogP contribution in [0, 0.1) is 17.1 Å². The van der Waals surface area contributed by atoms with Crippen molar-refractivity contribution in [3.05, 3.63) is 58.9 Å². The van der Waals surface area contributed by atoms with E-state index in [0.29, 0.717) is 22.9 Å². The van der Waals surface area contributed by atoms with Crippen LogP contribution in [-0.2, 0) is 4.79 Å². The van der Waals surface area contributed by atoms with Crippen molar-refractivity contribution in [2.75, 3.05) is 23.9 Å². The number of ether oxygens (including phenoxy) is 1. The first-order chi connectivity index (χ1) is 14.7. The van der Waals surface area contributed by atoms with Crippen molar-refractivity contribution in [3.8, 4) is 11.8 Å². The number of benzene rings is 2. The van der Waals surface area contributed by atoms with Gasteiger partial charge in [-0.2, -0.15) is 5.26 Å². The Bertz CT molecular complexity index is 1050. The summed E-state index contributed by atoms with van der Waals surface area (Å²) in [5.41, 5.74) is 3.35. The number of anilines is 2. The summed E-state index contributed by atoms with van der Waals surface area (Å²) in [6.07, 6.45) is 2.54. The van der Waals surface area contributed by atoms with Crippen LogP contribution in [-0.4, -0.2) is 25.1 Å². The van der Waals surface area contributed by atoms with Gasteiger partial charge in [0, 0.05) is 35.1 Å². The maximum atomic E-state index is 13.1. The van der Waals surface area contributed by atoms with Gasteiger partial charge in [-0.15, -0.1) is 0 Å². The van der Waals surface area contributed by atoms with Gasteiger partial charge in [-0.3, -0.25) is 4.79 Å². The molecule has 6 heteroatoms. The van der Waals surface area contributed by atoms with Crippen LogP contribution in [0.3, 0.4) is 0 Å². The highest BCUT2D eigenvalue weighted by Gasteiger charge is 2.36. The molecule has 0 aliphatic carbocycles. The molecule has 1 heterocycles. The number of carbonyl (C=O) groups excluding carboxylic acids is 1. The Morgan fingerprint density at radius 1 is 1.35 bits per heavy atom. The second kappa shape index (κ2) is 8.81. The fraction of sp³-hybridized carbons (Fsp3) is 0.360. The minimum Gasteiger partial charge on any atom is -0.496 e. The molecule has 1 unspecified atom stereocenters. The Morgan fingerprint density at radius 3 is 2.61 bits per heavy atom. The molecule has 0 bridgehead atoms. The van der Waals surface area contributed by atoms with Crippen LogP contribution in [0.4, 0.5) is 15.8 Å². The number of amides is 1. The van der Waals surface area contributed by atoms with Crippen LogP contribution in [0.2, 0.25) is 0 Å². The first kappa shape index (κ1) is 22.4. The van der Waals surface area contributed by atoms with Crippen molar-refractivity contribution in [2.45, 2.75) is 45.6 Å². The lowest BCUT2D eigenvalue weighted by molar-refractivity contribution is -0.112. The van der Waals surface area contributed by atoms with E-state index in [4.69, 9.17) is 4.74 Å². The number of carbonyl (C=O) groups is 1. The summed E-state index contributed by atoms with van der Waals surface area (Å²) in [5.74, 6) is -0.0293. The van der Waals surface area contributed by atoms with Gasteiger partial charge in [-0.1, -0.05) is 6.92 Å². The molecule has 1 aliphatic rings. The first-order valence-corrected chi connectivity index (χ1v) is 10.4. The lowest BCUT2D eigenvalue weighted by Crippen LogP contribution is -2.48. The minimum absolute atomic E-state index is 0.0242. The zero-order chi connectivity index (χ0) is 22.8. The number of halogens is 1. The van der Waals surface area contributed by atoms with Gasteiger partial charge in [-0.25, -0.2) is 4.39 Å². The highest BCUT2D eigenvalue weighted by atomic mass is 19.1. The zero-order valence-electron chi connectivity index (χ0n) is 18.6. The van der Waals surface area contributed by atoms with Gasteiger partial charge >= 0.3 is 0 Å². The Hall–Kier alpha value is -3.33. The number of rotatable bonds is 5. The van der Waals surface area contributed by atoms with E-state index in [0.717, 1.165) is 18.7 Å². The molecule has 1 N–H and O–H groups in total. The average molecular weight is 422 g/mol. The molecule has 1 atom stereocenters. The molecule has 0 spiro atoms. The van der Waals surface area contributed by atoms with Gasteiger partial charge in [0.2, 0.25) is 0 Å². The first-order valence-electron chi connectivity index (χ1n) is 10.4. The van der Waals surface area contributed by atoms with E-state index in [9.17, 15) is 14.4 Å². The second-order valence-corrected chi connectivity index (χ2v) is 8.45. The SMILES string of the molecule is CCN1c2cc(OC)c(/C=C(\C#N)C(=O)Nc3ccc(F)cc3)cc2C(C)CC1(C)C. The van der Waals surface area contributed by atoms with Crippen LogP contribution < -0.4 is 15.0 Å². The molecule has 0 fully saturated rings. The number of nitriles is 1. The van der Waals surface area contributed by atoms with Crippen molar-refractivity contribution in [2.24, 2.45) is 0 Å². The number of nitrogens with one attached hydrogen (secondary N) is 1. The summed E-state index contributed by atoms with van der Waals surface area (Å²) in [5, 5.41) is 12.2. The number of fused-ring (bicyclic) bond motifs is 1. The number of hydrogen-bond acceptors (Lipinski definition) is 4. The van der Waals surface area contributed by atoms with E-state index in [1.165, 1.54) is 29.8 Å². The van der Waals surface area contributed by atoms with Crippen LogP contribution in [0.25, 0.3) is 6.08 Å². The standard InChI is InChI=1S/C25H28FN3O2/c1-6-29-22-13-23(31-5)17(12-21(22)16(2)14-25(29,3)4)11-18(15-27)24(30)28-20-9-7-19(26)8-10-20/h7-13,16H,6,14H2,1-5H3,(H,28,30)/b18-11+. The fourth-order valence-corrected chi connectivity index (χ4v) is 4.45. The average Bonchev–Trinajstić information content (AvgIpc) is 2.72. The molecule has 0 aromatic heterocycles. The van der Waals surface area contributed by atoms with Crippen LogP contribution in [0.5, 0.6) is 5.75 Å².